The second-order valence-corrected chi connectivity index (χ2v) is 4.62. The number of nitrogens with one attached hydrogen (secondary N) is 1. The summed E-state index contributed by atoms with van der Waals surface area (Å²) in [7, 11) is 0. The van der Waals surface area contributed by atoms with Crippen molar-refractivity contribution >= 4 is 6.09 Å². The first kappa shape index (κ1) is 14.6. The van der Waals surface area contributed by atoms with Crippen LogP contribution in [0, 0.1) is 0 Å². The maximum atomic E-state index is 11.2. The van der Waals surface area contributed by atoms with Crippen molar-refractivity contribution in [2.75, 3.05) is 6.54 Å². The zero-order chi connectivity index (χ0) is 12.6. The molecule has 0 saturated heterocycles. The van der Waals surface area contributed by atoms with Gasteiger partial charge in [0.15, 0.2) is 0 Å². The van der Waals surface area contributed by atoms with Gasteiger partial charge in [-0.1, -0.05) is 12.0 Å². The Balaban J connectivity index is 3.59. The number of amides is 1. The Morgan fingerprint density at radius 1 is 1.56 bits per heavy atom. The minimum atomic E-state index is -0.470. The highest BCUT2D eigenvalue weighted by Gasteiger charge is 2.15. The zero-order valence-electron chi connectivity index (χ0n) is 10.4. The van der Waals surface area contributed by atoms with E-state index in [0.717, 1.165) is 12.8 Å². The summed E-state index contributed by atoms with van der Waals surface area (Å²) in [4.78, 5) is 13.9. The van der Waals surface area contributed by atoms with Gasteiger partial charge in [-0.3, -0.25) is 0 Å². The highest BCUT2D eigenvalue weighted by Crippen LogP contribution is 2.06. The molecule has 1 amide bonds. The molecule has 0 saturated carbocycles. The van der Waals surface area contributed by atoms with E-state index in [0.29, 0.717) is 6.54 Å². The van der Waals surface area contributed by atoms with Crippen LogP contribution in [0.1, 0.15) is 40.5 Å². The van der Waals surface area contributed by atoms with E-state index in [9.17, 15) is 4.79 Å². The van der Waals surface area contributed by atoms with Crippen LogP contribution >= 0.6 is 0 Å². The van der Waals surface area contributed by atoms with E-state index in [1.165, 1.54) is 0 Å². The molecule has 16 heavy (non-hydrogen) atoms. The lowest BCUT2D eigenvalue weighted by molar-refractivity contribution is 0.0527. The first-order valence-corrected chi connectivity index (χ1v) is 5.36. The van der Waals surface area contributed by atoms with E-state index in [1.807, 2.05) is 27.7 Å². The van der Waals surface area contributed by atoms with E-state index < -0.39 is 11.7 Å². The molecule has 92 valence electrons. The number of nitrogens with zero attached hydrogens (tertiary/aromatic N) is 3. The Bertz CT molecular complexity index is 266. The van der Waals surface area contributed by atoms with Gasteiger partial charge in [0, 0.05) is 17.5 Å². The van der Waals surface area contributed by atoms with Crippen molar-refractivity contribution in [3.05, 3.63) is 10.4 Å². The molecule has 0 bridgehead atoms. The third-order valence-electron chi connectivity index (χ3n) is 1.72. The fourth-order valence-corrected chi connectivity index (χ4v) is 1.05. The van der Waals surface area contributed by atoms with Crippen molar-refractivity contribution in [2.24, 2.45) is 5.11 Å². The van der Waals surface area contributed by atoms with Gasteiger partial charge in [-0.2, -0.15) is 0 Å². The van der Waals surface area contributed by atoms with Gasteiger partial charge in [0.05, 0.1) is 0 Å². The summed E-state index contributed by atoms with van der Waals surface area (Å²) < 4.78 is 5.06. The molecule has 0 aromatic carbocycles. The maximum absolute atomic E-state index is 11.2. The first-order valence-electron chi connectivity index (χ1n) is 5.36. The second-order valence-electron chi connectivity index (χ2n) is 4.62. The van der Waals surface area contributed by atoms with E-state index in [2.05, 4.69) is 15.3 Å². The summed E-state index contributed by atoms with van der Waals surface area (Å²) in [5, 5.41) is 6.18. The van der Waals surface area contributed by atoms with Gasteiger partial charge >= 0.3 is 6.09 Å². The van der Waals surface area contributed by atoms with E-state index >= 15 is 0 Å². The molecule has 0 aliphatic heterocycles. The quantitative estimate of drug-likeness (QED) is 0.339. The smallest absolute Gasteiger partial charge is 0.407 e. The number of hydrogen-bond acceptors (Lipinski definition) is 3. The highest BCUT2D eigenvalue weighted by atomic mass is 16.6. The maximum Gasteiger partial charge on any atom is 0.407 e. The zero-order valence-corrected chi connectivity index (χ0v) is 10.4. The summed E-state index contributed by atoms with van der Waals surface area (Å²) >= 11 is 0. The highest BCUT2D eigenvalue weighted by molar-refractivity contribution is 5.67. The standard InChI is InChI=1S/C10H20N4O2/c1-8(13-14-11)6-5-7-12-9(15)16-10(2,3)4/h8H,5-7H2,1-4H3,(H,12,15). The predicted molar refractivity (Wildman–Crippen MR) is 62.1 cm³/mol. The molecule has 0 aromatic heterocycles. The van der Waals surface area contributed by atoms with Crippen LogP contribution in [0.5, 0.6) is 0 Å². The average Bonchev–Trinajstić information content (AvgIpc) is 2.10. The Morgan fingerprint density at radius 2 is 2.19 bits per heavy atom. The van der Waals surface area contributed by atoms with Crippen molar-refractivity contribution < 1.29 is 9.53 Å². The molecular weight excluding hydrogens is 208 g/mol. The molecule has 0 aliphatic rings. The third kappa shape index (κ3) is 9.15. The van der Waals surface area contributed by atoms with Crippen molar-refractivity contribution in [2.45, 2.75) is 52.2 Å². The van der Waals surface area contributed by atoms with Gasteiger partial charge in [-0.05, 0) is 39.1 Å². The molecule has 1 unspecified atom stereocenters. The van der Waals surface area contributed by atoms with Gasteiger partial charge in [-0.25, -0.2) is 4.79 Å². The number of carbonyl (C=O) groups excluding carboxylic acids is 1. The van der Waals surface area contributed by atoms with Crippen molar-refractivity contribution in [3.63, 3.8) is 0 Å². The first-order chi connectivity index (χ1) is 7.35. The molecule has 6 nitrogen and oxygen atoms in total. The van der Waals surface area contributed by atoms with Crippen LogP contribution < -0.4 is 5.32 Å². The summed E-state index contributed by atoms with van der Waals surface area (Å²) in [6.45, 7) is 7.82. The van der Waals surface area contributed by atoms with Crippen molar-refractivity contribution in [3.8, 4) is 0 Å². The summed E-state index contributed by atoms with van der Waals surface area (Å²) in [6, 6.07) is -0.0366. The third-order valence-corrected chi connectivity index (χ3v) is 1.72. The van der Waals surface area contributed by atoms with Gasteiger partial charge in [0.2, 0.25) is 0 Å². The Labute approximate surface area is 96.0 Å². The number of rotatable bonds is 5. The molecule has 0 aromatic rings. The number of hydrogen-bond donors (Lipinski definition) is 1. The van der Waals surface area contributed by atoms with Gasteiger partial charge in [-0.15, -0.1) is 0 Å². The summed E-state index contributed by atoms with van der Waals surface area (Å²) in [5.74, 6) is 0. The molecule has 0 radical (unpaired) electrons. The average molecular weight is 228 g/mol. The molecule has 0 spiro atoms. The number of ether oxygens (including phenoxy) is 1. The van der Waals surface area contributed by atoms with Crippen LogP contribution in [0.4, 0.5) is 4.79 Å². The Kier molecular flexibility index (Phi) is 6.34. The summed E-state index contributed by atoms with van der Waals surface area (Å²) in [6.07, 6.45) is 1.10. The number of carbonyl (C=O) groups is 1. The van der Waals surface area contributed by atoms with Crippen LogP contribution in [0.25, 0.3) is 10.4 Å². The fourth-order valence-electron chi connectivity index (χ4n) is 1.05. The molecule has 0 heterocycles. The van der Waals surface area contributed by atoms with Crippen LogP contribution in [0.2, 0.25) is 0 Å². The Hall–Kier alpha value is -1.42. The second kappa shape index (κ2) is 6.95. The van der Waals surface area contributed by atoms with Crippen LogP contribution in [0.3, 0.4) is 0 Å². The molecular formula is C10H20N4O2. The number of azide groups is 1. The SMILES string of the molecule is CC(CCCNC(=O)OC(C)(C)C)N=[N+]=[N-]. The van der Waals surface area contributed by atoms with Gasteiger partial charge in [0.25, 0.3) is 0 Å². The minimum absolute atomic E-state index is 0.0366. The molecule has 0 fully saturated rings. The van der Waals surface area contributed by atoms with E-state index in [4.69, 9.17) is 10.3 Å². The normalized spacial score (nSPS) is 12.5. The molecule has 0 aliphatic carbocycles. The lowest BCUT2D eigenvalue weighted by atomic mass is 10.2. The van der Waals surface area contributed by atoms with Crippen molar-refractivity contribution in [1.82, 2.24) is 5.32 Å². The lowest BCUT2D eigenvalue weighted by Gasteiger charge is -2.19. The molecule has 1 N–H and O–H groups in total. The number of alkyl carbamates (subject to hydrolysis) is 1. The monoisotopic (exact) mass is 228 g/mol. The van der Waals surface area contributed by atoms with Crippen LogP contribution in [-0.4, -0.2) is 24.3 Å². The van der Waals surface area contributed by atoms with E-state index in [1.54, 1.807) is 0 Å². The van der Waals surface area contributed by atoms with Gasteiger partial charge < -0.3 is 10.1 Å². The van der Waals surface area contributed by atoms with Crippen molar-refractivity contribution in [1.29, 1.82) is 0 Å². The predicted octanol–water partition coefficient (Wildman–Crippen LogP) is 2.99. The van der Waals surface area contributed by atoms with Crippen LogP contribution in [0.15, 0.2) is 5.11 Å². The topological polar surface area (TPSA) is 87.1 Å². The molecule has 6 heteroatoms. The van der Waals surface area contributed by atoms with Gasteiger partial charge in [0.1, 0.15) is 5.60 Å². The summed E-state index contributed by atoms with van der Waals surface area (Å²) in [5.41, 5.74) is 7.71. The minimum Gasteiger partial charge on any atom is -0.444 e. The molecule has 1 atom stereocenters. The van der Waals surface area contributed by atoms with E-state index in [-0.39, 0.29) is 6.04 Å². The molecule has 0 rings (SSSR count). The largest absolute Gasteiger partial charge is 0.444 e. The Morgan fingerprint density at radius 3 is 2.69 bits per heavy atom. The fraction of sp³-hybridized carbons (Fsp3) is 0.900. The van der Waals surface area contributed by atoms with Crippen LogP contribution in [-0.2, 0) is 4.74 Å². The lowest BCUT2D eigenvalue weighted by Crippen LogP contribution is -2.33.